The van der Waals surface area contributed by atoms with E-state index in [-0.39, 0.29) is 16.7 Å². The van der Waals surface area contributed by atoms with E-state index in [4.69, 9.17) is 0 Å². The number of halogens is 1. The summed E-state index contributed by atoms with van der Waals surface area (Å²) in [4.78, 5) is 12.2. The van der Waals surface area contributed by atoms with Gasteiger partial charge in [-0.1, -0.05) is 18.2 Å². The van der Waals surface area contributed by atoms with Crippen molar-refractivity contribution in [3.8, 4) is 0 Å². The van der Waals surface area contributed by atoms with Gasteiger partial charge in [0.2, 0.25) is 0 Å². The first-order valence-electron chi connectivity index (χ1n) is 5.73. The van der Waals surface area contributed by atoms with Gasteiger partial charge in [-0.05, 0) is 25.0 Å². The number of nitrogens with zero attached hydrogens (tertiary/aromatic N) is 1. The second kappa shape index (κ2) is 5.66. The Balaban J connectivity index is 2.12. The highest BCUT2D eigenvalue weighted by atomic mass is 127. The average molecular weight is 379 g/mol. The second-order valence-electron chi connectivity index (χ2n) is 4.32. The number of rotatable bonds is 4. The number of benzene rings is 1. The van der Waals surface area contributed by atoms with Crippen molar-refractivity contribution in [1.82, 2.24) is 3.11 Å². The molecule has 1 aliphatic heterocycles. The van der Waals surface area contributed by atoms with E-state index in [1.54, 1.807) is 18.2 Å². The van der Waals surface area contributed by atoms with Crippen LogP contribution in [0.3, 0.4) is 0 Å². The molecule has 1 fully saturated rings. The lowest BCUT2D eigenvalue weighted by atomic mass is 10.2. The van der Waals surface area contributed by atoms with Crippen molar-refractivity contribution in [1.29, 1.82) is 0 Å². The maximum Gasteiger partial charge on any atom is 0.185 e. The van der Waals surface area contributed by atoms with E-state index in [1.165, 1.54) is 12.1 Å². The van der Waals surface area contributed by atoms with Crippen LogP contribution in [0.5, 0.6) is 0 Å². The van der Waals surface area contributed by atoms with Gasteiger partial charge in [-0.3, -0.25) is 4.79 Å². The molecule has 0 spiro atoms. The van der Waals surface area contributed by atoms with Crippen molar-refractivity contribution in [2.24, 2.45) is 0 Å². The molecule has 98 valence electrons. The summed E-state index contributed by atoms with van der Waals surface area (Å²) < 4.78 is 26.0. The van der Waals surface area contributed by atoms with Crippen LogP contribution >= 0.6 is 22.9 Å². The van der Waals surface area contributed by atoms with Crippen LogP contribution in [0.4, 0.5) is 0 Å². The monoisotopic (exact) mass is 379 g/mol. The van der Waals surface area contributed by atoms with Gasteiger partial charge in [-0.25, -0.2) is 11.5 Å². The zero-order chi connectivity index (χ0) is 13.2. The molecule has 18 heavy (non-hydrogen) atoms. The van der Waals surface area contributed by atoms with Crippen molar-refractivity contribution < 1.29 is 13.2 Å². The minimum atomic E-state index is -3.50. The number of hydrogen-bond donors (Lipinski definition) is 0. The maximum atomic E-state index is 12.1. The molecule has 2 rings (SSSR count). The van der Waals surface area contributed by atoms with E-state index in [0.717, 1.165) is 19.4 Å². The largest absolute Gasteiger partial charge is 0.297 e. The van der Waals surface area contributed by atoms with Crippen LogP contribution < -0.4 is 0 Å². The first-order valence-corrected chi connectivity index (χ1v) is 8.35. The predicted molar refractivity (Wildman–Crippen MR) is 77.2 cm³/mol. The molecule has 4 nitrogen and oxygen atoms in total. The summed E-state index contributed by atoms with van der Waals surface area (Å²) in [5, 5.41) is 0. The van der Waals surface area contributed by atoms with Crippen LogP contribution in [-0.4, -0.2) is 35.7 Å². The van der Waals surface area contributed by atoms with E-state index in [2.05, 4.69) is 22.9 Å². The highest BCUT2D eigenvalue weighted by molar-refractivity contribution is 14.1. The van der Waals surface area contributed by atoms with E-state index in [0.29, 0.717) is 0 Å². The number of hydrogen-bond acceptors (Lipinski definition) is 4. The second-order valence-corrected chi connectivity index (χ2v) is 7.55. The molecule has 0 aromatic heterocycles. The van der Waals surface area contributed by atoms with Crippen molar-refractivity contribution in [3.63, 3.8) is 0 Å². The highest BCUT2D eigenvalue weighted by Crippen LogP contribution is 2.23. The Kier molecular flexibility index (Phi) is 4.39. The maximum absolute atomic E-state index is 12.1. The van der Waals surface area contributed by atoms with Gasteiger partial charge in [0.15, 0.2) is 15.6 Å². The van der Waals surface area contributed by atoms with Gasteiger partial charge in [0.05, 0.1) is 10.9 Å². The standard InChI is InChI=1S/C12H14INO3S/c13-14-8-4-7-11(14)12(15)9-18(16,17)10-5-2-1-3-6-10/h1-3,5-6,11H,4,7-9H2/t11-/m1/s1. The molecule has 1 aromatic carbocycles. The molecule has 0 amide bonds. The molecule has 0 saturated carbocycles. The lowest BCUT2D eigenvalue weighted by Gasteiger charge is -2.15. The van der Waals surface area contributed by atoms with Gasteiger partial charge in [-0.15, -0.1) is 0 Å². The molecular formula is C12H14INO3S. The van der Waals surface area contributed by atoms with Crippen molar-refractivity contribution in [3.05, 3.63) is 30.3 Å². The minimum absolute atomic E-state index is 0.203. The summed E-state index contributed by atoms with van der Waals surface area (Å²) in [5.74, 6) is -0.605. The SMILES string of the molecule is O=C(CS(=O)(=O)c1ccccc1)[C@H]1CCCN1I. The van der Waals surface area contributed by atoms with Crippen molar-refractivity contribution >= 4 is 38.5 Å². The fraction of sp³-hybridized carbons (Fsp3) is 0.417. The lowest BCUT2D eigenvalue weighted by Crippen LogP contribution is -2.33. The number of Topliss-reactive ketones (excluding diaryl/α,β-unsaturated/α-hetero) is 1. The van der Waals surface area contributed by atoms with Crippen LogP contribution in [0.15, 0.2) is 35.2 Å². The molecule has 0 unspecified atom stereocenters. The lowest BCUT2D eigenvalue weighted by molar-refractivity contribution is -0.119. The molecule has 1 aliphatic rings. The van der Waals surface area contributed by atoms with Gasteiger partial charge in [0.1, 0.15) is 5.75 Å². The van der Waals surface area contributed by atoms with Gasteiger partial charge in [0, 0.05) is 29.4 Å². The van der Waals surface area contributed by atoms with Crippen LogP contribution in [0, 0.1) is 0 Å². The fourth-order valence-electron chi connectivity index (χ4n) is 2.04. The summed E-state index contributed by atoms with van der Waals surface area (Å²) in [5.41, 5.74) is 0. The van der Waals surface area contributed by atoms with Crippen molar-refractivity contribution in [2.75, 3.05) is 12.3 Å². The predicted octanol–water partition coefficient (Wildman–Crippen LogP) is 1.84. The van der Waals surface area contributed by atoms with Gasteiger partial charge in [-0.2, -0.15) is 0 Å². The number of ketones is 1. The highest BCUT2D eigenvalue weighted by Gasteiger charge is 2.32. The normalized spacial score (nSPS) is 21.1. The summed E-state index contributed by atoms with van der Waals surface area (Å²) in [6.45, 7) is 0.850. The molecule has 1 atom stereocenters. The average Bonchev–Trinajstić information content (AvgIpc) is 2.76. The van der Waals surface area contributed by atoms with E-state index in [1.807, 2.05) is 3.11 Å². The molecule has 0 radical (unpaired) electrons. The Morgan fingerprint density at radius 1 is 1.33 bits per heavy atom. The van der Waals surface area contributed by atoms with Crippen LogP contribution in [0.25, 0.3) is 0 Å². The first-order chi connectivity index (χ1) is 8.50. The smallest absolute Gasteiger partial charge is 0.185 e. The Bertz CT molecular complexity index is 530. The summed E-state index contributed by atoms with van der Waals surface area (Å²) in [6, 6.07) is 7.89. The van der Waals surface area contributed by atoms with Gasteiger partial charge >= 0.3 is 0 Å². The zero-order valence-electron chi connectivity index (χ0n) is 9.75. The summed E-state index contributed by atoms with van der Waals surface area (Å²) in [7, 11) is -3.50. The molecular weight excluding hydrogens is 365 g/mol. The van der Waals surface area contributed by atoms with Crippen molar-refractivity contribution in [2.45, 2.75) is 23.8 Å². The van der Waals surface area contributed by atoms with Crippen LogP contribution in [0.2, 0.25) is 0 Å². The van der Waals surface area contributed by atoms with E-state index < -0.39 is 15.6 Å². The summed E-state index contributed by atoms with van der Waals surface area (Å²) in [6.07, 6.45) is 1.71. The van der Waals surface area contributed by atoms with E-state index in [9.17, 15) is 13.2 Å². The van der Waals surface area contributed by atoms with E-state index >= 15 is 0 Å². The Morgan fingerprint density at radius 3 is 2.56 bits per heavy atom. The zero-order valence-corrected chi connectivity index (χ0v) is 12.7. The van der Waals surface area contributed by atoms with Crippen LogP contribution in [0.1, 0.15) is 12.8 Å². The molecule has 0 bridgehead atoms. The Morgan fingerprint density at radius 2 is 2.00 bits per heavy atom. The third kappa shape index (κ3) is 3.10. The third-order valence-corrected chi connectivity index (χ3v) is 5.80. The quantitative estimate of drug-likeness (QED) is 0.592. The Labute approximate surface area is 121 Å². The summed E-state index contributed by atoms with van der Waals surface area (Å²) >= 11 is 2.09. The molecule has 1 heterocycles. The molecule has 0 aliphatic carbocycles. The third-order valence-electron chi connectivity index (χ3n) is 2.99. The van der Waals surface area contributed by atoms with Gasteiger partial charge in [0.25, 0.3) is 0 Å². The number of carbonyl (C=O) groups excluding carboxylic acids is 1. The Hall–Kier alpha value is -0.470. The topological polar surface area (TPSA) is 54.5 Å². The number of sulfone groups is 1. The fourth-order valence-corrected chi connectivity index (χ4v) is 4.28. The molecule has 1 aromatic rings. The molecule has 6 heteroatoms. The minimum Gasteiger partial charge on any atom is -0.297 e. The van der Waals surface area contributed by atoms with Gasteiger partial charge < -0.3 is 0 Å². The van der Waals surface area contributed by atoms with Crippen LogP contribution in [-0.2, 0) is 14.6 Å². The first kappa shape index (κ1) is 14.0. The number of carbonyl (C=O) groups is 1. The molecule has 0 N–H and O–H groups in total. The molecule has 1 saturated heterocycles.